The van der Waals surface area contributed by atoms with Gasteiger partial charge in [-0.25, -0.2) is 23.6 Å². The number of rotatable bonds is 7. The van der Waals surface area contributed by atoms with E-state index in [1.165, 1.54) is 25.6 Å². The van der Waals surface area contributed by atoms with Crippen LogP contribution in [0.4, 0.5) is 16.0 Å². The number of aromatic nitrogens is 3. The standard InChI is InChI=1S/C19H20FN5O2S/c1-3-28(21,26)11-13-6-7-22-18(8-13)25-19-10-16(23-12-24-19)15-5-4-14(20)9-17(15)27-2/h4-10,12,21H,3,11H2,1-2H3,(H,22,23,24,25). The SMILES string of the molecule is CCS(=N)(=O)Cc1ccnc(Nc2cc(-c3ccc(F)cc3OC)ncn2)c1. The van der Waals surface area contributed by atoms with E-state index in [0.29, 0.717) is 34.4 Å². The number of ether oxygens (including phenoxy) is 1. The second-order valence-corrected chi connectivity index (χ2v) is 8.54. The molecule has 0 aliphatic carbocycles. The van der Waals surface area contributed by atoms with E-state index < -0.39 is 15.5 Å². The molecule has 0 bridgehead atoms. The molecule has 0 aliphatic rings. The lowest BCUT2D eigenvalue weighted by atomic mass is 10.1. The molecule has 0 fully saturated rings. The minimum Gasteiger partial charge on any atom is -0.496 e. The number of benzene rings is 1. The van der Waals surface area contributed by atoms with Crippen LogP contribution in [0.25, 0.3) is 11.3 Å². The Kier molecular flexibility index (Phi) is 5.84. The Bertz CT molecular complexity index is 1090. The normalized spacial score (nSPS) is 13.0. The van der Waals surface area contributed by atoms with E-state index in [-0.39, 0.29) is 5.75 Å². The van der Waals surface area contributed by atoms with Crippen LogP contribution in [0.3, 0.4) is 0 Å². The minimum absolute atomic E-state index is 0.169. The zero-order valence-corrected chi connectivity index (χ0v) is 16.3. The molecule has 9 heteroatoms. The molecule has 2 N–H and O–H groups in total. The largest absolute Gasteiger partial charge is 0.496 e. The Hall–Kier alpha value is -3.07. The smallest absolute Gasteiger partial charge is 0.135 e. The van der Waals surface area contributed by atoms with Crippen LogP contribution in [0.1, 0.15) is 12.5 Å². The molecule has 28 heavy (non-hydrogen) atoms. The van der Waals surface area contributed by atoms with Gasteiger partial charge >= 0.3 is 0 Å². The number of halogens is 1. The molecule has 146 valence electrons. The van der Waals surface area contributed by atoms with Crippen LogP contribution < -0.4 is 10.1 Å². The van der Waals surface area contributed by atoms with E-state index in [4.69, 9.17) is 9.52 Å². The molecule has 0 saturated heterocycles. The van der Waals surface area contributed by atoms with E-state index in [1.807, 2.05) is 0 Å². The molecule has 0 aliphatic heterocycles. The fourth-order valence-corrected chi connectivity index (χ4v) is 3.51. The first-order valence-electron chi connectivity index (χ1n) is 8.52. The van der Waals surface area contributed by atoms with Gasteiger partial charge in [-0.3, -0.25) is 4.78 Å². The molecule has 0 saturated carbocycles. The van der Waals surface area contributed by atoms with Gasteiger partial charge in [-0.05, 0) is 29.8 Å². The molecule has 0 spiro atoms. The van der Waals surface area contributed by atoms with Crippen molar-refractivity contribution in [2.75, 3.05) is 18.2 Å². The maximum absolute atomic E-state index is 13.4. The van der Waals surface area contributed by atoms with Crippen molar-refractivity contribution >= 4 is 21.4 Å². The van der Waals surface area contributed by atoms with Gasteiger partial charge in [-0.2, -0.15) is 0 Å². The maximum Gasteiger partial charge on any atom is 0.135 e. The highest BCUT2D eigenvalue weighted by molar-refractivity contribution is 7.91. The van der Waals surface area contributed by atoms with Crippen LogP contribution in [-0.2, 0) is 15.5 Å². The van der Waals surface area contributed by atoms with Gasteiger partial charge in [-0.15, -0.1) is 0 Å². The van der Waals surface area contributed by atoms with E-state index in [9.17, 15) is 8.60 Å². The average Bonchev–Trinajstić information content (AvgIpc) is 2.68. The summed E-state index contributed by atoms with van der Waals surface area (Å²) in [5.74, 6) is 1.44. The fraction of sp³-hybridized carbons (Fsp3) is 0.211. The molecule has 7 nitrogen and oxygen atoms in total. The van der Waals surface area contributed by atoms with Gasteiger partial charge in [0.15, 0.2) is 0 Å². The van der Waals surface area contributed by atoms with Crippen molar-refractivity contribution in [2.45, 2.75) is 12.7 Å². The molecule has 1 atom stereocenters. The Labute approximate surface area is 163 Å². The molecule has 1 unspecified atom stereocenters. The number of anilines is 2. The summed E-state index contributed by atoms with van der Waals surface area (Å²) in [4.78, 5) is 12.7. The zero-order valence-electron chi connectivity index (χ0n) is 15.5. The molecule has 3 aromatic rings. The van der Waals surface area contributed by atoms with Crippen molar-refractivity contribution in [1.82, 2.24) is 15.0 Å². The molecule has 1 aromatic carbocycles. The molecule has 0 radical (unpaired) electrons. The number of pyridine rings is 1. The highest BCUT2D eigenvalue weighted by Crippen LogP contribution is 2.30. The monoisotopic (exact) mass is 401 g/mol. The topological polar surface area (TPSA) is 101 Å². The second-order valence-electron chi connectivity index (χ2n) is 6.05. The van der Waals surface area contributed by atoms with Crippen LogP contribution >= 0.6 is 0 Å². The first-order chi connectivity index (χ1) is 13.4. The molecule has 3 rings (SSSR count). The van der Waals surface area contributed by atoms with Crippen LogP contribution in [0.5, 0.6) is 5.75 Å². The summed E-state index contributed by atoms with van der Waals surface area (Å²) in [6.45, 7) is 1.74. The van der Waals surface area contributed by atoms with Crippen molar-refractivity contribution in [1.29, 1.82) is 4.78 Å². The fourth-order valence-electron chi connectivity index (χ4n) is 2.58. The number of methoxy groups -OCH3 is 1. The second kappa shape index (κ2) is 8.30. The van der Waals surface area contributed by atoms with Gasteiger partial charge in [0, 0.05) is 39.4 Å². The van der Waals surface area contributed by atoms with E-state index in [2.05, 4.69) is 20.3 Å². The van der Waals surface area contributed by atoms with Crippen LogP contribution in [0.2, 0.25) is 0 Å². The Morgan fingerprint density at radius 2 is 1.93 bits per heavy atom. The Morgan fingerprint density at radius 3 is 2.68 bits per heavy atom. The highest BCUT2D eigenvalue weighted by atomic mass is 32.2. The van der Waals surface area contributed by atoms with Gasteiger partial charge in [0.2, 0.25) is 0 Å². The first-order valence-corrected chi connectivity index (χ1v) is 10.4. The van der Waals surface area contributed by atoms with Gasteiger partial charge in [0.05, 0.1) is 18.6 Å². The minimum atomic E-state index is -2.64. The lowest BCUT2D eigenvalue weighted by Crippen LogP contribution is -2.05. The highest BCUT2D eigenvalue weighted by Gasteiger charge is 2.11. The van der Waals surface area contributed by atoms with Crippen LogP contribution in [0, 0.1) is 10.6 Å². The third-order valence-corrected chi connectivity index (χ3v) is 5.79. The van der Waals surface area contributed by atoms with E-state index >= 15 is 0 Å². The first kappa shape index (κ1) is 19.7. The van der Waals surface area contributed by atoms with Crippen LogP contribution in [0.15, 0.2) is 48.9 Å². The van der Waals surface area contributed by atoms with E-state index in [1.54, 1.807) is 37.4 Å². The summed E-state index contributed by atoms with van der Waals surface area (Å²) < 4.78 is 38.5. The summed E-state index contributed by atoms with van der Waals surface area (Å²) >= 11 is 0. The number of nitrogens with zero attached hydrogens (tertiary/aromatic N) is 3. The van der Waals surface area contributed by atoms with Crippen molar-refractivity contribution in [3.05, 3.63) is 60.3 Å². The third-order valence-electron chi connectivity index (χ3n) is 4.05. The quantitative estimate of drug-likeness (QED) is 0.621. The number of hydrogen-bond donors (Lipinski definition) is 2. The average molecular weight is 401 g/mol. The summed E-state index contributed by atoms with van der Waals surface area (Å²) in [6, 6.07) is 9.40. The van der Waals surface area contributed by atoms with Crippen molar-refractivity contribution in [3.8, 4) is 17.0 Å². The van der Waals surface area contributed by atoms with Gasteiger partial charge in [0.1, 0.15) is 29.5 Å². The Balaban J connectivity index is 1.86. The van der Waals surface area contributed by atoms with Crippen LogP contribution in [-0.4, -0.2) is 32.0 Å². The summed E-state index contributed by atoms with van der Waals surface area (Å²) in [5, 5.41) is 3.08. The zero-order chi connectivity index (χ0) is 20.1. The van der Waals surface area contributed by atoms with Gasteiger partial charge in [-0.1, -0.05) is 6.92 Å². The van der Waals surface area contributed by atoms with Gasteiger partial charge < -0.3 is 10.1 Å². The lowest BCUT2D eigenvalue weighted by molar-refractivity contribution is 0.413. The molecule has 0 amide bonds. The predicted molar refractivity (Wildman–Crippen MR) is 107 cm³/mol. The van der Waals surface area contributed by atoms with Crippen molar-refractivity contribution in [3.63, 3.8) is 0 Å². The Morgan fingerprint density at radius 1 is 1.14 bits per heavy atom. The summed E-state index contributed by atoms with van der Waals surface area (Å²) in [6.07, 6.45) is 2.98. The lowest BCUT2D eigenvalue weighted by Gasteiger charge is -2.10. The van der Waals surface area contributed by atoms with Crippen molar-refractivity contribution < 1.29 is 13.3 Å². The number of hydrogen-bond acceptors (Lipinski definition) is 7. The maximum atomic E-state index is 13.4. The molecular formula is C19H20FN5O2S. The summed E-state index contributed by atoms with van der Waals surface area (Å²) in [5.41, 5.74) is 1.95. The van der Waals surface area contributed by atoms with Gasteiger partial charge in [0.25, 0.3) is 0 Å². The third kappa shape index (κ3) is 4.80. The summed E-state index contributed by atoms with van der Waals surface area (Å²) in [7, 11) is -1.17. The molecule has 2 heterocycles. The molecule has 2 aromatic heterocycles. The number of nitrogens with one attached hydrogen (secondary N) is 2. The van der Waals surface area contributed by atoms with Crippen molar-refractivity contribution in [2.24, 2.45) is 0 Å². The predicted octanol–water partition coefficient (Wildman–Crippen LogP) is 4.00. The van der Waals surface area contributed by atoms with E-state index in [0.717, 1.165) is 5.56 Å². The molecular weight excluding hydrogens is 381 g/mol.